The Labute approximate surface area is 185 Å². The fraction of sp³-hybridized carbons (Fsp3) is 0.808. The lowest BCUT2D eigenvalue weighted by atomic mass is 9.43. The largest absolute Gasteiger partial charge is 0.481 e. The highest BCUT2D eigenvalue weighted by molar-refractivity contribution is 5.90. The van der Waals surface area contributed by atoms with Gasteiger partial charge in [-0.2, -0.15) is 0 Å². The molecule has 170 valence electrons. The summed E-state index contributed by atoms with van der Waals surface area (Å²) in [5.74, 6) is 0.455. The molecule has 0 heterocycles. The van der Waals surface area contributed by atoms with Gasteiger partial charge in [-0.15, -0.1) is 0 Å². The highest BCUT2D eigenvalue weighted by atomic mass is 16.6. The number of fused-ring (bicyclic) bond motifs is 2. The number of rotatable bonds is 6. The van der Waals surface area contributed by atoms with Gasteiger partial charge in [0, 0.05) is 5.41 Å². The maximum atomic E-state index is 13.3. The monoisotopic (exact) mass is 427 g/mol. The van der Waals surface area contributed by atoms with Crippen molar-refractivity contribution in [3.05, 3.63) is 11.6 Å². The Morgan fingerprint density at radius 3 is 2.65 bits per heavy atom. The Morgan fingerprint density at radius 2 is 2.00 bits per heavy atom. The van der Waals surface area contributed by atoms with Gasteiger partial charge in [-0.1, -0.05) is 50.4 Å². The van der Waals surface area contributed by atoms with Gasteiger partial charge in [0.25, 0.3) is 0 Å². The van der Waals surface area contributed by atoms with Crippen LogP contribution in [0, 0.1) is 45.8 Å². The lowest BCUT2D eigenvalue weighted by Crippen LogP contribution is -2.63. The molecule has 5 nitrogen and oxygen atoms in total. The summed E-state index contributed by atoms with van der Waals surface area (Å²) in [6.45, 7) is 6.76. The van der Waals surface area contributed by atoms with Crippen LogP contribution in [0.4, 0.5) is 0 Å². The first-order valence-electron chi connectivity index (χ1n) is 12.4. The molecule has 31 heavy (non-hydrogen) atoms. The fourth-order valence-corrected chi connectivity index (χ4v) is 8.92. The van der Waals surface area contributed by atoms with E-state index in [-0.39, 0.29) is 17.8 Å². The molecule has 4 bridgehead atoms. The number of aldehydes is 1. The Kier molecular flexibility index (Phi) is 4.91. The minimum absolute atomic E-state index is 0.0792. The van der Waals surface area contributed by atoms with Crippen molar-refractivity contribution >= 4 is 18.0 Å². The molecule has 0 aromatic rings. The summed E-state index contributed by atoms with van der Waals surface area (Å²) < 4.78 is 0. The average molecular weight is 428 g/mol. The zero-order valence-corrected chi connectivity index (χ0v) is 19.2. The summed E-state index contributed by atoms with van der Waals surface area (Å²) in [6, 6.07) is 0. The normalized spacial score (nSPS) is 45.4. The molecule has 5 aliphatic rings. The lowest BCUT2D eigenvalue weighted by Gasteiger charge is -2.58. The van der Waals surface area contributed by atoms with E-state index in [9.17, 15) is 14.7 Å². The van der Waals surface area contributed by atoms with Crippen LogP contribution >= 0.6 is 0 Å². The number of aliphatic carboxylic acids is 1. The zero-order valence-electron chi connectivity index (χ0n) is 19.2. The van der Waals surface area contributed by atoms with E-state index in [1.165, 1.54) is 6.42 Å². The van der Waals surface area contributed by atoms with E-state index in [2.05, 4.69) is 32.0 Å². The van der Waals surface area contributed by atoms with E-state index in [4.69, 9.17) is 4.84 Å². The van der Waals surface area contributed by atoms with E-state index < -0.39 is 22.2 Å². The maximum Gasteiger partial charge on any atom is 0.315 e. The van der Waals surface area contributed by atoms with Gasteiger partial charge in [0.1, 0.15) is 18.3 Å². The number of oxime groups is 1. The fourth-order valence-electron chi connectivity index (χ4n) is 8.92. The third-order valence-corrected chi connectivity index (χ3v) is 10.1. The second-order valence-corrected chi connectivity index (χ2v) is 11.5. The summed E-state index contributed by atoms with van der Waals surface area (Å²) in [5.41, 5.74) is -0.460. The van der Waals surface area contributed by atoms with Crippen molar-refractivity contribution in [2.24, 2.45) is 51.0 Å². The van der Waals surface area contributed by atoms with Gasteiger partial charge in [-0.25, -0.2) is 0 Å². The molecule has 5 heteroatoms. The van der Waals surface area contributed by atoms with Gasteiger partial charge in [-0.05, 0) is 74.5 Å². The minimum Gasteiger partial charge on any atom is -0.481 e. The average Bonchev–Trinajstić information content (AvgIpc) is 3.32. The zero-order chi connectivity index (χ0) is 22.0. The Balaban J connectivity index is 1.61. The highest BCUT2D eigenvalue weighted by Crippen LogP contribution is 2.82. The summed E-state index contributed by atoms with van der Waals surface area (Å²) >= 11 is 0. The molecule has 0 amide bonds. The predicted octanol–water partition coefficient (Wildman–Crippen LogP) is 5.25. The maximum absolute atomic E-state index is 13.3. The van der Waals surface area contributed by atoms with Crippen molar-refractivity contribution in [1.82, 2.24) is 0 Å². The van der Waals surface area contributed by atoms with Crippen molar-refractivity contribution < 1.29 is 19.5 Å². The molecular formula is C26H37NO4. The second-order valence-electron chi connectivity index (χ2n) is 11.5. The van der Waals surface area contributed by atoms with E-state index >= 15 is 0 Å². The van der Waals surface area contributed by atoms with Crippen molar-refractivity contribution in [3.8, 4) is 0 Å². The first-order valence-corrected chi connectivity index (χ1v) is 12.4. The third-order valence-electron chi connectivity index (χ3n) is 10.1. The van der Waals surface area contributed by atoms with Gasteiger partial charge in [0.05, 0.1) is 11.1 Å². The number of nitrogens with zero attached hydrogens (tertiary/aromatic N) is 1. The van der Waals surface area contributed by atoms with Gasteiger partial charge in [0.15, 0.2) is 0 Å². The Morgan fingerprint density at radius 1 is 1.26 bits per heavy atom. The first kappa shape index (κ1) is 21.2. The molecule has 1 N–H and O–H groups in total. The first-order chi connectivity index (χ1) is 14.8. The predicted molar refractivity (Wildman–Crippen MR) is 118 cm³/mol. The lowest BCUT2D eigenvalue weighted by molar-refractivity contribution is -0.186. The number of allylic oxidation sites excluding steroid dienone is 1. The van der Waals surface area contributed by atoms with Crippen molar-refractivity contribution in [3.63, 3.8) is 0 Å². The van der Waals surface area contributed by atoms with Crippen molar-refractivity contribution in [2.45, 2.75) is 78.6 Å². The topological polar surface area (TPSA) is 76.0 Å². The number of hydrogen-bond donors (Lipinski definition) is 1. The van der Waals surface area contributed by atoms with Crippen LogP contribution in [-0.4, -0.2) is 29.7 Å². The molecule has 0 saturated heterocycles. The standard InChI is InChI=1S/C26H37NO4/c1-16(2)22-11-18-12-24(14-28)21-10-9-17(3)20(21)13-25(18,26(22,24)23(29)30)15-31-27-19-7-5-4-6-8-19/h11,14,16-18,20-21H,4-10,12-13,15H2,1-3H3,(H,29,30)/t17-,18?,20-,21-,24?,25?,26?/m1/s1. The van der Waals surface area contributed by atoms with E-state index in [1.807, 2.05) is 0 Å². The molecule has 5 rings (SSSR count). The second kappa shape index (κ2) is 7.18. The summed E-state index contributed by atoms with van der Waals surface area (Å²) in [5, 5.41) is 15.4. The third kappa shape index (κ3) is 2.47. The number of carbonyl (C=O) groups excluding carboxylic acids is 1. The van der Waals surface area contributed by atoms with Crippen molar-refractivity contribution in [2.75, 3.05) is 6.61 Å². The molecule has 4 unspecified atom stereocenters. The van der Waals surface area contributed by atoms with Crippen LogP contribution in [-0.2, 0) is 14.4 Å². The molecule has 0 radical (unpaired) electrons. The summed E-state index contributed by atoms with van der Waals surface area (Å²) in [4.78, 5) is 32.4. The van der Waals surface area contributed by atoms with Crippen LogP contribution in [0.1, 0.15) is 78.6 Å². The number of carboxylic acid groups (broad SMARTS) is 1. The van der Waals surface area contributed by atoms with Crippen LogP contribution in [0.2, 0.25) is 0 Å². The highest BCUT2D eigenvalue weighted by Gasteiger charge is 2.84. The quantitative estimate of drug-likeness (QED) is 0.357. The molecule has 5 aliphatic carbocycles. The molecule has 0 spiro atoms. The number of carbonyl (C=O) groups is 2. The molecule has 4 saturated carbocycles. The minimum atomic E-state index is -1.15. The smallest absolute Gasteiger partial charge is 0.315 e. The van der Waals surface area contributed by atoms with Gasteiger partial charge in [-0.3, -0.25) is 4.79 Å². The Bertz CT molecular complexity index is 838. The van der Waals surface area contributed by atoms with E-state index in [0.29, 0.717) is 24.9 Å². The van der Waals surface area contributed by atoms with E-state index in [1.54, 1.807) is 0 Å². The molecular weight excluding hydrogens is 390 g/mol. The molecule has 0 aromatic heterocycles. The van der Waals surface area contributed by atoms with Gasteiger partial charge in [0.2, 0.25) is 0 Å². The summed E-state index contributed by atoms with van der Waals surface area (Å²) in [6.07, 6.45) is 12.4. The van der Waals surface area contributed by atoms with Crippen molar-refractivity contribution in [1.29, 1.82) is 0 Å². The molecule has 4 fully saturated rings. The van der Waals surface area contributed by atoms with Crippen LogP contribution in [0.5, 0.6) is 0 Å². The van der Waals surface area contributed by atoms with Crippen LogP contribution in [0.3, 0.4) is 0 Å². The van der Waals surface area contributed by atoms with Crippen LogP contribution in [0.15, 0.2) is 16.8 Å². The van der Waals surface area contributed by atoms with Gasteiger partial charge < -0.3 is 14.7 Å². The molecule has 0 aliphatic heterocycles. The number of carboxylic acids is 1. The van der Waals surface area contributed by atoms with Gasteiger partial charge >= 0.3 is 5.97 Å². The molecule has 0 aromatic carbocycles. The molecule has 7 atom stereocenters. The number of hydrogen-bond acceptors (Lipinski definition) is 4. The Hall–Kier alpha value is -1.65. The van der Waals surface area contributed by atoms with E-state index in [0.717, 1.165) is 62.5 Å². The SMILES string of the molecule is CC(C)C1=CC2CC3(C=O)[C@@H]4CC[C@@H](C)[C@H]4CC2(CON=C2CCCCC2)C13C(=O)O. The van der Waals surface area contributed by atoms with Crippen LogP contribution in [0.25, 0.3) is 0 Å². The van der Waals surface area contributed by atoms with Crippen LogP contribution < -0.4 is 0 Å². The summed E-state index contributed by atoms with van der Waals surface area (Å²) in [7, 11) is 0.